The average Bonchev–Trinajstić information content (AvgIpc) is 2.63. The Kier molecular flexibility index (Phi) is 2.68. The normalized spacial score (nSPS) is 14.0. The van der Waals surface area contributed by atoms with Gasteiger partial charge in [-0.15, -0.1) is 0 Å². The van der Waals surface area contributed by atoms with E-state index in [1.807, 2.05) is 0 Å². The first kappa shape index (κ1) is 10.5. The number of hydrogen-bond acceptors (Lipinski definition) is 0. The van der Waals surface area contributed by atoms with Crippen molar-refractivity contribution in [1.82, 2.24) is 0 Å². The summed E-state index contributed by atoms with van der Waals surface area (Å²) >= 11 is 0. The average molecular weight is 199 g/mol. The maximum absolute atomic E-state index is 2.29. The van der Waals surface area contributed by atoms with Crippen LogP contribution in [0.4, 0.5) is 0 Å². The molecule has 0 atom stereocenters. The Bertz CT molecular complexity index is 395. The van der Waals surface area contributed by atoms with Crippen LogP contribution in [0.1, 0.15) is 61.8 Å². The Labute approximate surface area is 93.0 Å². The molecule has 0 bridgehead atoms. The van der Waals surface area contributed by atoms with Crippen LogP contribution in [0.25, 0.3) is 6.08 Å². The van der Waals surface area contributed by atoms with E-state index in [1.54, 1.807) is 0 Å². The Morgan fingerprint density at radius 3 is 1.87 bits per heavy atom. The van der Waals surface area contributed by atoms with Gasteiger partial charge < -0.3 is 0 Å². The van der Waals surface area contributed by atoms with Crippen LogP contribution in [0, 0.1) is 6.42 Å². The molecule has 0 unspecified atom stereocenters. The number of benzene rings is 1. The third-order valence-electron chi connectivity index (χ3n) is 3.12. The van der Waals surface area contributed by atoms with Gasteiger partial charge >= 0.3 is 0 Å². The zero-order chi connectivity index (χ0) is 11.0. The molecule has 0 spiro atoms. The molecular formula is C15H19. The molecule has 0 aromatic heterocycles. The lowest BCUT2D eigenvalue weighted by Gasteiger charge is -2.17. The highest BCUT2D eigenvalue weighted by atomic mass is 14.2. The predicted octanol–water partition coefficient (Wildman–Crippen LogP) is 4.51. The molecule has 0 saturated carbocycles. The van der Waals surface area contributed by atoms with E-state index in [2.05, 4.69) is 58.4 Å². The van der Waals surface area contributed by atoms with Crippen molar-refractivity contribution in [3.63, 3.8) is 0 Å². The van der Waals surface area contributed by atoms with E-state index in [-0.39, 0.29) is 0 Å². The molecule has 1 aromatic rings. The summed E-state index contributed by atoms with van der Waals surface area (Å²) in [6.45, 7) is 9.04. The SMILES string of the molecule is CC(C)c1ccc(C(C)C)c2c1[CH]C=C2. The van der Waals surface area contributed by atoms with Crippen molar-refractivity contribution in [2.24, 2.45) is 0 Å². The first-order valence-corrected chi connectivity index (χ1v) is 5.79. The van der Waals surface area contributed by atoms with Gasteiger partial charge in [-0.1, -0.05) is 52.0 Å². The monoisotopic (exact) mass is 199 g/mol. The van der Waals surface area contributed by atoms with E-state index in [0.29, 0.717) is 11.8 Å². The molecule has 2 rings (SSSR count). The maximum atomic E-state index is 2.29. The van der Waals surface area contributed by atoms with Gasteiger partial charge in [0.1, 0.15) is 0 Å². The Balaban J connectivity index is 2.57. The highest BCUT2D eigenvalue weighted by Crippen LogP contribution is 2.34. The fourth-order valence-electron chi connectivity index (χ4n) is 2.29. The second kappa shape index (κ2) is 3.84. The summed E-state index contributed by atoms with van der Waals surface area (Å²) in [5.41, 5.74) is 5.83. The lowest BCUT2D eigenvalue weighted by molar-refractivity contribution is 0.837. The minimum Gasteiger partial charge on any atom is -0.0754 e. The van der Waals surface area contributed by atoms with Crippen molar-refractivity contribution in [2.45, 2.75) is 39.5 Å². The molecule has 1 aromatic carbocycles. The summed E-state index contributed by atoms with van der Waals surface area (Å²) in [6, 6.07) is 4.59. The second-order valence-electron chi connectivity index (χ2n) is 4.91. The van der Waals surface area contributed by atoms with E-state index in [0.717, 1.165) is 0 Å². The molecule has 0 heteroatoms. The quantitative estimate of drug-likeness (QED) is 0.657. The van der Waals surface area contributed by atoms with Gasteiger partial charge in [-0.3, -0.25) is 0 Å². The summed E-state index contributed by atoms with van der Waals surface area (Å²) in [7, 11) is 0. The molecule has 0 N–H and O–H groups in total. The van der Waals surface area contributed by atoms with Gasteiger partial charge in [0.2, 0.25) is 0 Å². The van der Waals surface area contributed by atoms with Crippen molar-refractivity contribution >= 4 is 6.08 Å². The first-order chi connectivity index (χ1) is 7.11. The summed E-state index contributed by atoms with van der Waals surface area (Å²) in [6.07, 6.45) is 6.66. The molecule has 0 amide bonds. The molecule has 0 heterocycles. The molecule has 1 aliphatic carbocycles. The first-order valence-electron chi connectivity index (χ1n) is 5.79. The molecule has 1 aliphatic rings. The number of allylic oxidation sites excluding steroid dienone is 1. The molecule has 0 nitrogen and oxygen atoms in total. The number of hydrogen-bond donors (Lipinski definition) is 0. The zero-order valence-corrected chi connectivity index (χ0v) is 10.0. The van der Waals surface area contributed by atoms with Crippen LogP contribution in [-0.2, 0) is 0 Å². The summed E-state index contributed by atoms with van der Waals surface area (Å²) in [4.78, 5) is 0. The van der Waals surface area contributed by atoms with E-state index in [9.17, 15) is 0 Å². The van der Waals surface area contributed by atoms with Crippen LogP contribution < -0.4 is 0 Å². The highest BCUT2D eigenvalue weighted by Gasteiger charge is 2.17. The van der Waals surface area contributed by atoms with Crippen LogP contribution in [0.5, 0.6) is 0 Å². The highest BCUT2D eigenvalue weighted by molar-refractivity contribution is 5.70. The van der Waals surface area contributed by atoms with Crippen LogP contribution in [-0.4, -0.2) is 0 Å². The van der Waals surface area contributed by atoms with Crippen LogP contribution >= 0.6 is 0 Å². The third kappa shape index (κ3) is 1.73. The molecule has 0 fully saturated rings. The number of rotatable bonds is 2. The van der Waals surface area contributed by atoms with Gasteiger partial charge in [0.15, 0.2) is 0 Å². The summed E-state index contributed by atoms with van der Waals surface area (Å²) in [5, 5.41) is 0. The minimum absolute atomic E-state index is 0.608. The number of fused-ring (bicyclic) bond motifs is 1. The molecule has 15 heavy (non-hydrogen) atoms. The van der Waals surface area contributed by atoms with Gasteiger partial charge in [0, 0.05) is 6.42 Å². The van der Waals surface area contributed by atoms with Crippen LogP contribution in [0.2, 0.25) is 0 Å². The molecule has 0 aliphatic heterocycles. The Hall–Kier alpha value is -1.04. The van der Waals surface area contributed by atoms with Gasteiger partial charge in [0.25, 0.3) is 0 Å². The fourth-order valence-corrected chi connectivity index (χ4v) is 2.29. The van der Waals surface area contributed by atoms with Crippen molar-refractivity contribution in [1.29, 1.82) is 0 Å². The van der Waals surface area contributed by atoms with Gasteiger partial charge in [-0.2, -0.15) is 0 Å². The van der Waals surface area contributed by atoms with Crippen molar-refractivity contribution < 1.29 is 0 Å². The van der Waals surface area contributed by atoms with E-state index in [4.69, 9.17) is 0 Å². The van der Waals surface area contributed by atoms with Crippen molar-refractivity contribution in [2.75, 3.05) is 0 Å². The Morgan fingerprint density at radius 1 is 0.800 bits per heavy atom. The van der Waals surface area contributed by atoms with E-state index >= 15 is 0 Å². The summed E-state index contributed by atoms with van der Waals surface area (Å²) < 4.78 is 0. The van der Waals surface area contributed by atoms with Gasteiger partial charge in [0.05, 0.1) is 0 Å². The van der Waals surface area contributed by atoms with Gasteiger partial charge in [-0.05, 0) is 34.1 Å². The zero-order valence-electron chi connectivity index (χ0n) is 10.0. The third-order valence-corrected chi connectivity index (χ3v) is 3.12. The Morgan fingerprint density at radius 2 is 1.33 bits per heavy atom. The second-order valence-corrected chi connectivity index (χ2v) is 4.91. The molecule has 1 radical (unpaired) electrons. The smallest absolute Gasteiger partial charge is 0.0134 e. The summed E-state index contributed by atoms with van der Waals surface area (Å²) in [5.74, 6) is 1.22. The van der Waals surface area contributed by atoms with Gasteiger partial charge in [-0.25, -0.2) is 0 Å². The van der Waals surface area contributed by atoms with Crippen LogP contribution in [0.15, 0.2) is 18.2 Å². The minimum atomic E-state index is 0.608. The maximum Gasteiger partial charge on any atom is 0.0134 e. The lowest BCUT2D eigenvalue weighted by atomic mass is 9.88. The topological polar surface area (TPSA) is 0 Å². The molecule has 0 saturated heterocycles. The van der Waals surface area contributed by atoms with Crippen LogP contribution in [0.3, 0.4) is 0 Å². The molecule has 79 valence electrons. The lowest BCUT2D eigenvalue weighted by Crippen LogP contribution is -2.00. The van der Waals surface area contributed by atoms with Crippen molar-refractivity contribution in [3.05, 3.63) is 46.9 Å². The molecular weight excluding hydrogens is 180 g/mol. The fraction of sp³-hybridized carbons (Fsp3) is 0.400. The van der Waals surface area contributed by atoms with E-state index < -0.39 is 0 Å². The largest absolute Gasteiger partial charge is 0.0754 e. The van der Waals surface area contributed by atoms with E-state index in [1.165, 1.54) is 22.3 Å². The predicted molar refractivity (Wildman–Crippen MR) is 67.1 cm³/mol. The van der Waals surface area contributed by atoms with Crippen molar-refractivity contribution in [3.8, 4) is 0 Å². The standard InChI is InChI=1S/C15H19/c1-10(2)12-8-9-13(11(3)4)15-7-5-6-14(12)15/h5-11H,1-4H3.